The number of hydrogen-bond acceptors (Lipinski definition) is 1. The van der Waals surface area contributed by atoms with E-state index in [9.17, 15) is 0 Å². The molecule has 1 heteroatoms. The summed E-state index contributed by atoms with van der Waals surface area (Å²) in [6, 6.07) is 0. The Kier molecular flexibility index (Phi) is 10.9. The van der Waals surface area contributed by atoms with Crippen LogP contribution in [0.2, 0.25) is 0 Å². The maximum absolute atomic E-state index is 6.27. The van der Waals surface area contributed by atoms with Crippen molar-refractivity contribution in [3.63, 3.8) is 0 Å². The molecule has 0 amide bonds. The van der Waals surface area contributed by atoms with Crippen molar-refractivity contribution in [2.45, 2.75) is 142 Å². The summed E-state index contributed by atoms with van der Waals surface area (Å²) in [5.74, 6) is 5.24. The Morgan fingerprint density at radius 1 is 0.586 bits per heavy atom. The number of ether oxygens (including phenoxy) is 1. The van der Waals surface area contributed by atoms with Gasteiger partial charge >= 0.3 is 0 Å². The predicted molar refractivity (Wildman–Crippen MR) is 126 cm³/mol. The summed E-state index contributed by atoms with van der Waals surface area (Å²) >= 11 is 0. The largest absolute Gasteiger partial charge is 0.378 e. The van der Waals surface area contributed by atoms with Crippen molar-refractivity contribution in [1.82, 2.24) is 0 Å². The summed E-state index contributed by atoms with van der Waals surface area (Å²) in [5, 5.41) is 0. The summed E-state index contributed by atoms with van der Waals surface area (Å²) in [6.45, 7) is 5.63. The second-order valence-corrected chi connectivity index (χ2v) is 11.1. The molecule has 3 aliphatic rings. The third kappa shape index (κ3) is 7.86. The third-order valence-electron chi connectivity index (χ3n) is 9.03. The normalized spacial score (nSPS) is 36.2. The van der Waals surface area contributed by atoms with Crippen molar-refractivity contribution in [3.8, 4) is 0 Å². The molecule has 170 valence electrons. The number of rotatable bonds is 11. The molecule has 2 unspecified atom stereocenters. The van der Waals surface area contributed by atoms with Gasteiger partial charge in [0.25, 0.3) is 0 Å². The van der Waals surface area contributed by atoms with Crippen LogP contribution in [0.15, 0.2) is 0 Å². The Labute approximate surface area is 183 Å². The van der Waals surface area contributed by atoms with E-state index in [1.54, 1.807) is 38.5 Å². The van der Waals surface area contributed by atoms with Gasteiger partial charge in [-0.05, 0) is 93.8 Å². The fraction of sp³-hybridized carbons (Fsp3) is 1.00. The second-order valence-electron chi connectivity index (χ2n) is 11.1. The van der Waals surface area contributed by atoms with E-state index >= 15 is 0 Å². The van der Waals surface area contributed by atoms with Gasteiger partial charge in [-0.1, -0.05) is 71.6 Å². The Hall–Kier alpha value is -0.0400. The zero-order valence-electron chi connectivity index (χ0n) is 20.0. The Balaban J connectivity index is 1.32. The van der Waals surface area contributed by atoms with Gasteiger partial charge in [-0.2, -0.15) is 0 Å². The van der Waals surface area contributed by atoms with Gasteiger partial charge in [-0.3, -0.25) is 0 Å². The maximum atomic E-state index is 6.27. The van der Waals surface area contributed by atoms with Crippen molar-refractivity contribution in [2.24, 2.45) is 29.6 Å². The first-order valence-electron chi connectivity index (χ1n) is 13.9. The molecule has 0 aromatic heterocycles. The van der Waals surface area contributed by atoms with Gasteiger partial charge in [0.05, 0.1) is 6.10 Å². The Bertz CT molecular complexity index is 403. The molecular weight excluding hydrogens is 352 g/mol. The summed E-state index contributed by atoms with van der Waals surface area (Å²) in [4.78, 5) is 0. The maximum Gasteiger partial charge on any atom is 0.0577 e. The fourth-order valence-electron chi connectivity index (χ4n) is 7.08. The molecule has 29 heavy (non-hydrogen) atoms. The molecule has 0 spiro atoms. The molecule has 0 bridgehead atoms. The lowest BCUT2D eigenvalue weighted by Gasteiger charge is -2.41. The van der Waals surface area contributed by atoms with Crippen molar-refractivity contribution in [2.75, 3.05) is 6.61 Å². The van der Waals surface area contributed by atoms with Gasteiger partial charge in [0.2, 0.25) is 0 Å². The lowest BCUT2D eigenvalue weighted by atomic mass is 9.65. The Morgan fingerprint density at radius 2 is 1.17 bits per heavy atom. The summed E-state index contributed by atoms with van der Waals surface area (Å²) < 4.78 is 6.27. The first kappa shape index (κ1) is 23.6. The average molecular weight is 405 g/mol. The predicted octanol–water partition coefficient (Wildman–Crippen LogP) is 8.95. The lowest BCUT2D eigenvalue weighted by molar-refractivity contribution is -0.00533. The highest BCUT2D eigenvalue weighted by Gasteiger charge is 2.35. The van der Waals surface area contributed by atoms with E-state index < -0.39 is 0 Å². The lowest BCUT2D eigenvalue weighted by Crippen LogP contribution is -2.32. The molecular formula is C28H52O. The fourth-order valence-corrected chi connectivity index (χ4v) is 7.08. The topological polar surface area (TPSA) is 9.23 Å². The molecule has 0 radical (unpaired) electrons. The Morgan fingerprint density at radius 3 is 1.83 bits per heavy atom. The van der Waals surface area contributed by atoms with E-state index in [-0.39, 0.29) is 0 Å². The van der Waals surface area contributed by atoms with E-state index in [0.717, 1.165) is 36.2 Å². The van der Waals surface area contributed by atoms with Gasteiger partial charge in [0.15, 0.2) is 0 Å². The van der Waals surface area contributed by atoms with E-state index in [4.69, 9.17) is 4.74 Å². The van der Waals surface area contributed by atoms with E-state index in [1.807, 2.05) is 0 Å². The molecule has 1 nitrogen and oxygen atoms in total. The summed E-state index contributed by atoms with van der Waals surface area (Å²) in [6.07, 6.45) is 28.4. The zero-order chi connectivity index (χ0) is 20.3. The van der Waals surface area contributed by atoms with Crippen LogP contribution in [-0.2, 0) is 4.74 Å². The molecule has 0 aliphatic heterocycles. The van der Waals surface area contributed by atoms with Crippen LogP contribution in [0.3, 0.4) is 0 Å². The molecule has 3 aliphatic carbocycles. The van der Waals surface area contributed by atoms with Crippen molar-refractivity contribution in [3.05, 3.63) is 0 Å². The van der Waals surface area contributed by atoms with Gasteiger partial charge in [0.1, 0.15) is 0 Å². The quantitative estimate of drug-likeness (QED) is 0.312. The van der Waals surface area contributed by atoms with Crippen LogP contribution in [0.25, 0.3) is 0 Å². The molecule has 2 atom stereocenters. The molecule has 3 rings (SSSR count). The van der Waals surface area contributed by atoms with Crippen LogP contribution in [0.5, 0.6) is 0 Å². The van der Waals surface area contributed by atoms with Crippen molar-refractivity contribution >= 4 is 0 Å². The zero-order valence-corrected chi connectivity index (χ0v) is 20.0. The van der Waals surface area contributed by atoms with Crippen LogP contribution < -0.4 is 0 Å². The molecule has 0 N–H and O–H groups in total. The molecule has 0 aromatic carbocycles. The molecule has 0 saturated heterocycles. The van der Waals surface area contributed by atoms with Crippen LogP contribution in [0.1, 0.15) is 136 Å². The van der Waals surface area contributed by atoms with Crippen LogP contribution >= 0.6 is 0 Å². The molecule has 0 heterocycles. The van der Waals surface area contributed by atoms with E-state index in [2.05, 4.69) is 13.8 Å². The van der Waals surface area contributed by atoms with Gasteiger partial charge in [-0.25, -0.2) is 0 Å². The first-order chi connectivity index (χ1) is 14.3. The van der Waals surface area contributed by atoms with Crippen molar-refractivity contribution < 1.29 is 4.74 Å². The van der Waals surface area contributed by atoms with Gasteiger partial charge in [0, 0.05) is 6.61 Å². The van der Waals surface area contributed by atoms with Gasteiger partial charge in [-0.15, -0.1) is 0 Å². The summed E-state index contributed by atoms with van der Waals surface area (Å²) in [5.41, 5.74) is 0. The highest BCUT2D eigenvalue weighted by atomic mass is 16.5. The minimum Gasteiger partial charge on any atom is -0.378 e. The second kappa shape index (κ2) is 13.4. The number of hydrogen-bond donors (Lipinski definition) is 0. The highest BCUT2D eigenvalue weighted by molar-refractivity contribution is 4.86. The monoisotopic (exact) mass is 404 g/mol. The molecule has 3 fully saturated rings. The third-order valence-corrected chi connectivity index (χ3v) is 9.03. The van der Waals surface area contributed by atoms with E-state index in [1.165, 1.54) is 83.5 Å². The smallest absolute Gasteiger partial charge is 0.0577 e. The van der Waals surface area contributed by atoms with E-state index in [0.29, 0.717) is 6.10 Å². The van der Waals surface area contributed by atoms with Crippen molar-refractivity contribution in [1.29, 1.82) is 0 Å². The number of unbranched alkanes of at least 4 members (excludes halogenated alkanes) is 4. The van der Waals surface area contributed by atoms with Gasteiger partial charge < -0.3 is 4.74 Å². The van der Waals surface area contributed by atoms with Crippen LogP contribution in [0, 0.1) is 29.6 Å². The SMILES string of the molecule is CCCCCOC1CCCC(C2CCC(C3CCC(CCCCC)CC3)CC2)C1. The first-order valence-corrected chi connectivity index (χ1v) is 13.9. The highest BCUT2D eigenvalue weighted by Crippen LogP contribution is 2.46. The average Bonchev–Trinajstić information content (AvgIpc) is 2.78. The molecule has 0 aromatic rings. The van der Waals surface area contributed by atoms with Crippen LogP contribution in [-0.4, -0.2) is 12.7 Å². The van der Waals surface area contributed by atoms with Crippen LogP contribution in [0.4, 0.5) is 0 Å². The standard InChI is InChI=1S/C28H52O/c1-3-5-7-10-23-13-15-24(16-14-23)25-17-19-26(20-18-25)27-11-9-12-28(22-27)29-21-8-6-4-2/h23-28H,3-22H2,1-2H3. The minimum absolute atomic E-state index is 0.589. The minimum atomic E-state index is 0.589. The molecule has 3 saturated carbocycles. The summed E-state index contributed by atoms with van der Waals surface area (Å²) in [7, 11) is 0.